The van der Waals surface area contributed by atoms with Crippen LogP contribution < -0.4 is 10.2 Å². The van der Waals surface area contributed by atoms with Crippen LogP contribution in [0.4, 0.5) is 0 Å². The Morgan fingerprint density at radius 1 is 1.08 bits per heavy atom. The van der Waals surface area contributed by atoms with E-state index >= 15 is 0 Å². The summed E-state index contributed by atoms with van der Waals surface area (Å²) in [6.45, 7) is 11.5. The van der Waals surface area contributed by atoms with E-state index in [-0.39, 0.29) is 30.3 Å². The lowest BCUT2D eigenvalue weighted by molar-refractivity contribution is 0.00578. The van der Waals surface area contributed by atoms with Crippen molar-refractivity contribution in [3.8, 4) is 0 Å². The Kier molecular flexibility index (Phi) is 4.60. The molecule has 2 fully saturated rings. The summed E-state index contributed by atoms with van der Waals surface area (Å²) in [6, 6.07) is 8.15. The first-order valence-electron chi connectivity index (χ1n) is 8.89. The summed E-state index contributed by atoms with van der Waals surface area (Å²) in [4.78, 5) is 0. The van der Waals surface area contributed by atoms with E-state index in [1.54, 1.807) is 13.8 Å². The van der Waals surface area contributed by atoms with Crippen LogP contribution in [-0.2, 0) is 19.3 Å². The van der Waals surface area contributed by atoms with Crippen LogP contribution >= 0.6 is 0 Å². The summed E-state index contributed by atoms with van der Waals surface area (Å²) in [7, 11) is -3.58. The largest absolute Gasteiger partial charge is 0.494 e. The molecule has 0 amide bonds. The highest BCUT2D eigenvalue weighted by atomic mass is 32.2. The van der Waals surface area contributed by atoms with E-state index in [1.165, 1.54) is 0 Å². The Bertz CT molecular complexity index is 727. The fraction of sp³-hybridized carbons (Fsp3) is 0.667. The third-order valence-corrected chi connectivity index (χ3v) is 7.49. The molecule has 1 aliphatic carbocycles. The maximum atomic E-state index is 12.0. The predicted octanol–water partition coefficient (Wildman–Crippen LogP) is 2.17. The number of benzene rings is 1. The van der Waals surface area contributed by atoms with Gasteiger partial charge in [-0.05, 0) is 59.0 Å². The molecule has 5 nitrogen and oxygen atoms in total. The van der Waals surface area contributed by atoms with Gasteiger partial charge in [-0.15, -0.1) is 0 Å². The quantitative estimate of drug-likeness (QED) is 0.813. The summed E-state index contributed by atoms with van der Waals surface area (Å²) >= 11 is 0. The molecule has 1 saturated carbocycles. The van der Waals surface area contributed by atoms with E-state index < -0.39 is 15.3 Å². The fourth-order valence-electron chi connectivity index (χ4n) is 2.92. The van der Waals surface area contributed by atoms with Crippen molar-refractivity contribution >= 4 is 22.6 Å². The maximum Gasteiger partial charge on any atom is 0.494 e. The van der Waals surface area contributed by atoms with Crippen molar-refractivity contribution in [3.05, 3.63) is 29.8 Å². The van der Waals surface area contributed by atoms with E-state index in [1.807, 2.05) is 39.8 Å². The van der Waals surface area contributed by atoms with E-state index in [0.717, 1.165) is 17.4 Å². The minimum atomic E-state index is -3.21. The highest BCUT2D eigenvalue weighted by Gasteiger charge is 2.51. The second-order valence-electron chi connectivity index (χ2n) is 8.42. The highest BCUT2D eigenvalue weighted by Crippen LogP contribution is 2.41. The first kappa shape index (κ1) is 18.9. The summed E-state index contributed by atoms with van der Waals surface area (Å²) < 4.78 is 38.9. The van der Waals surface area contributed by atoms with Crippen LogP contribution in [0, 0.1) is 0 Å². The average Bonchev–Trinajstić information content (AvgIpc) is 3.19. The third kappa shape index (κ3) is 3.65. The minimum Gasteiger partial charge on any atom is -0.399 e. The Morgan fingerprint density at radius 3 is 2.08 bits per heavy atom. The molecule has 0 aromatic heterocycles. The summed E-state index contributed by atoms with van der Waals surface area (Å²) in [5.41, 5.74) is 1.43. The maximum absolute atomic E-state index is 12.0. The van der Waals surface area contributed by atoms with Gasteiger partial charge < -0.3 is 9.31 Å². The van der Waals surface area contributed by atoms with Gasteiger partial charge in [-0.3, -0.25) is 0 Å². The van der Waals surface area contributed by atoms with E-state index in [0.29, 0.717) is 0 Å². The highest BCUT2D eigenvalue weighted by molar-refractivity contribution is 7.90. The molecule has 1 N–H and O–H groups in total. The lowest BCUT2D eigenvalue weighted by atomic mass is 9.78. The number of rotatable bonds is 5. The van der Waals surface area contributed by atoms with E-state index in [4.69, 9.17) is 9.31 Å². The third-order valence-electron chi connectivity index (χ3n) is 5.62. The Morgan fingerprint density at radius 2 is 1.60 bits per heavy atom. The Hall–Kier alpha value is -0.885. The second-order valence-corrected chi connectivity index (χ2v) is 10.7. The minimum absolute atomic E-state index is 0.00935. The van der Waals surface area contributed by atoms with Gasteiger partial charge >= 0.3 is 7.12 Å². The van der Waals surface area contributed by atoms with Crippen LogP contribution in [-0.4, -0.2) is 38.0 Å². The topological polar surface area (TPSA) is 64.6 Å². The summed E-state index contributed by atoms with van der Waals surface area (Å²) in [6.07, 6.45) is 0.849. The van der Waals surface area contributed by atoms with Gasteiger partial charge in [-0.2, -0.15) is 0 Å². The van der Waals surface area contributed by atoms with Crippen molar-refractivity contribution < 1.29 is 17.7 Å². The van der Waals surface area contributed by atoms with Crippen molar-refractivity contribution in [2.75, 3.05) is 0 Å². The molecule has 1 heterocycles. The molecule has 0 radical (unpaired) electrons. The second kappa shape index (κ2) is 6.08. The lowest BCUT2D eigenvalue weighted by Gasteiger charge is -2.32. The van der Waals surface area contributed by atoms with Gasteiger partial charge in [0.15, 0.2) is 0 Å². The zero-order valence-electron chi connectivity index (χ0n) is 15.9. The zero-order chi connectivity index (χ0) is 18.6. The molecule has 1 aromatic rings. The first-order valence-corrected chi connectivity index (χ1v) is 10.4. The average molecular weight is 365 g/mol. The molecule has 2 aliphatic rings. The molecule has 0 unspecified atom stereocenters. The van der Waals surface area contributed by atoms with Gasteiger partial charge in [0.25, 0.3) is 0 Å². The van der Waals surface area contributed by atoms with Crippen LogP contribution in [0.25, 0.3) is 0 Å². The van der Waals surface area contributed by atoms with E-state index in [2.05, 4.69) is 16.9 Å². The molecular weight excluding hydrogens is 337 g/mol. The van der Waals surface area contributed by atoms with E-state index in [9.17, 15) is 8.42 Å². The zero-order valence-corrected chi connectivity index (χ0v) is 16.7. The standard InChI is InChI=1S/C18H28BNO4S/c1-12(2)25(21,22)20-16-11-15(16)13-7-9-14(10-8-13)19-23-17(3,4)18(5,6)24-19/h7-10,12,15-16,20H,11H2,1-6H3/t15-,16+/m0/s1. The molecule has 0 bridgehead atoms. The molecule has 7 heteroatoms. The van der Waals surface area contributed by atoms with Gasteiger partial charge in [-0.1, -0.05) is 24.3 Å². The van der Waals surface area contributed by atoms with Crippen molar-refractivity contribution in [3.63, 3.8) is 0 Å². The molecule has 25 heavy (non-hydrogen) atoms. The monoisotopic (exact) mass is 365 g/mol. The molecule has 1 saturated heterocycles. The number of nitrogens with one attached hydrogen (secondary N) is 1. The van der Waals surface area contributed by atoms with Gasteiger partial charge in [0, 0.05) is 12.0 Å². The van der Waals surface area contributed by atoms with Crippen molar-refractivity contribution in [1.29, 1.82) is 0 Å². The Balaban J connectivity index is 1.65. The van der Waals surface area contributed by atoms with Crippen LogP contribution in [0.3, 0.4) is 0 Å². The molecule has 1 aliphatic heterocycles. The van der Waals surface area contributed by atoms with Crippen molar-refractivity contribution in [2.24, 2.45) is 0 Å². The Labute approximate surface area is 151 Å². The van der Waals surface area contributed by atoms with Gasteiger partial charge in [0.05, 0.1) is 16.5 Å². The predicted molar refractivity (Wildman–Crippen MR) is 100 cm³/mol. The molecule has 2 atom stereocenters. The van der Waals surface area contributed by atoms with Crippen molar-refractivity contribution in [2.45, 2.75) is 76.4 Å². The number of hydrogen-bond acceptors (Lipinski definition) is 4. The van der Waals surface area contributed by atoms with Crippen LogP contribution in [0.2, 0.25) is 0 Å². The molecule has 3 rings (SSSR count). The molecule has 0 spiro atoms. The molecule has 138 valence electrons. The smallest absolute Gasteiger partial charge is 0.399 e. The van der Waals surface area contributed by atoms with Gasteiger partial charge in [-0.25, -0.2) is 13.1 Å². The van der Waals surface area contributed by atoms with Crippen LogP contribution in [0.15, 0.2) is 24.3 Å². The van der Waals surface area contributed by atoms with Crippen LogP contribution in [0.1, 0.15) is 59.4 Å². The normalized spacial score (nSPS) is 27.7. The SMILES string of the molecule is CC(C)S(=O)(=O)N[C@@H]1C[C@H]1c1ccc(B2OC(C)(C)C(C)(C)O2)cc1. The summed E-state index contributed by atoms with van der Waals surface area (Å²) in [5.74, 6) is 0.251. The number of hydrogen-bond donors (Lipinski definition) is 1. The van der Waals surface area contributed by atoms with Crippen molar-refractivity contribution in [1.82, 2.24) is 4.72 Å². The molecular formula is C18H28BNO4S. The molecule has 1 aromatic carbocycles. The van der Waals surface area contributed by atoms with Crippen LogP contribution in [0.5, 0.6) is 0 Å². The fourth-order valence-corrected chi connectivity index (χ4v) is 3.87. The van der Waals surface area contributed by atoms with Gasteiger partial charge in [0.1, 0.15) is 0 Å². The number of sulfonamides is 1. The summed E-state index contributed by atoms with van der Waals surface area (Å²) in [5, 5.41) is -0.403. The first-order chi connectivity index (χ1) is 11.4. The van der Waals surface area contributed by atoms with Gasteiger partial charge in [0.2, 0.25) is 10.0 Å². The lowest BCUT2D eigenvalue weighted by Crippen LogP contribution is -2.41.